The Labute approximate surface area is 80.4 Å². The molecule has 1 aromatic heterocycles. The van der Waals surface area contributed by atoms with Crippen molar-refractivity contribution in [3.05, 3.63) is 15.6 Å². The molecule has 0 aliphatic heterocycles. The lowest BCUT2D eigenvalue weighted by Gasteiger charge is -1.89. The number of thiazole rings is 1. The molecular formula is C9H11NO2S. The molecule has 0 saturated heterocycles. The predicted octanol–water partition coefficient (Wildman–Crippen LogP) is 1.96. The van der Waals surface area contributed by atoms with E-state index in [0.29, 0.717) is 5.92 Å². The summed E-state index contributed by atoms with van der Waals surface area (Å²) in [5, 5.41) is 9.33. The molecule has 0 aromatic carbocycles. The lowest BCUT2D eigenvalue weighted by Crippen LogP contribution is -1.99. The second kappa shape index (κ2) is 3.10. The molecule has 1 aromatic rings. The van der Waals surface area contributed by atoms with Gasteiger partial charge in [0.15, 0.2) is 0 Å². The Kier molecular flexibility index (Phi) is 2.07. The molecule has 0 bridgehead atoms. The van der Waals surface area contributed by atoms with Crippen LogP contribution in [0.2, 0.25) is 0 Å². The van der Waals surface area contributed by atoms with Crippen molar-refractivity contribution in [2.45, 2.75) is 32.1 Å². The zero-order valence-corrected chi connectivity index (χ0v) is 8.23. The monoisotopic (exact) mass is 197 g/mol. The summed E-state index contributed by atoms with van der Waals surface area (Å²) < 4.78 is 0. The van der Waals surface area contributed by atoms with Crippen LogP contribution in [0.1, 0.15) is 34.3 Å². The maximum Gasteiger partial charge on any atom is 0.310 e. The number of carboxylic acids is 1. The van der Waals surface area contributed by atoms with Crippen LogP contribution in [0.4, 0.5) is 0 Å². The van der Waals surface area contributed by atoms with Gasteiger partial charge in [0.2, 0.25) is 0 Å². The average molecular weight is 197 g/mol. The third-order valence-corrected chi connectivity index (χ3v) is 3.13. The smallest absolute Gasteiger partial charge is 0.310 e. The van der Waals surface area contributed by atoms with Gasteiger partial charge in [-0.15, -0.1) is 11.3 Å². The van der Waals surface area contributed by atoms with Gasteiger partial charge in [-0.3, -0.25) is 4.79 Å². The van der Waals surface area contributed by atoms with Crippen molar-refractivity contribution in [1.29, 1.82) is 0 Å². The molecule has 3 nitrogen and oxygen atoms in total. The van der Waals surface area contributed by atoms with E-state index in [1.54, 1.807) is 0 Å². The highest BCUT2D eigenvalue weighted by Gasteiger charge is 2.28. The lowest BCUT2D eigenvalue weighted by atomic mass is 10.3. The first kappa shape index (κ1) is 8.69. The van der Waals surface area contributed by atoms with E-state index in [9.17, 15) is 4.79 Å². The fourth-order valence-electron chi connectivity index (χ4n) is 1.41. The highest BCUT2D eigenvalue weighted by Crippen LogP contribution is 2.42. The molecule has 4 heteroatoms. The molecular weight excluding hydrogens is 186 g/mol. The van der Waals surface area contributed by atoms with Crippen LogP contribution in [0.15, 0.2) is 0 Å². The number of carboxylic acid groups (broad SMARTS) is 1. The van der Waals surface area contributed by atoms with Gasteiger partial charge in [0.1, 0.15) is 5.01 Å². The molecule has 2 rings (SSSR count). The number of aliphatic carboxylic acids is 1. The minimum absolute atomic E-state index is 0.0677. The summed E-state index contributed by atoms with van der Waals surface area (Å²) in [5.41, 5.74) is 1.14. The van der Waals surface area contributed by atoms with Crippen molar-refractivity contribution in [2.75, 3.05) is 0 Å². The third kappa shape index (κ3) is 1.88. The first-order valence-electron chi connectivity index (χ1n) is 4.35. The molecule has 0 unspecified atom stereocenters. The molecule has 1 saturated carbocycles. The van der Waals surface area contributed by atoms with Crippen LogP contribution in [0.5, 0.6) is 0 Å². The topological polar surface area (TPSA) is 50.2 Å². The molecule has 0 atom stereocenters. The van der Waals surface area contributed by atoms with E-state index < -0.39 is 5.97 Å². The Morgan fingerprint density at radius 3 is 2.92 bits per heavy atom. The van der Waals surface area contributed by atoms with Gasteiger partial charge in [-0.1, -0.05) is 0 Å². The number of nitrogens with zero attached hydrogens (tertiary/aromatic N) is 1. The summed E-state index contributed by atoms with van der Waals surface area (Å²) in [7, 11) is 0. The highest BCUT2D eigenvalue weighted by atomic mass is 32.1. The molecule has 1 fully saturated rings. The molecule has 0 radical (unpaired) electrons. The van der Waals surface area contributed by atoms with Crippen LogP contribution >= 0.6 is 11.3 Å². The summed E-state index contributed by atoms with van der Waals surface area (Å²) in [6.45, 7) is 2.02. The van der Waals surface area contributed by atoms with Crippen molar-refractivity contribution >= 4 is 17.3 Å². The Balaban J connectivity index is 2.19. The van der Waals surface area contributed by atoms with Crippen LogP contribution < -0.4 is 0 Å². The fraction of sp³-hybridized carbons (Fsp3) is 0.556. The Morgan fingerprint density at radius 2 is 2.38 bits per heavy atom. The van der Waals surface area contributed by atoms with E-state index in [2.05, 4.69) is 4.98 Å². The van der Waals surface area contributed by atoms with E-state index in [4.69, 9.17) is 5.11 Å². The second-order valence-electron chi connectivity index (χ2n) is 3.39. The molecule has 1 heterocycles. The number of hydrogen-bond acceptors (Lipinski definition) is 3. The summed E-state index contributed by atoms with van der Waals surface area (Å²) in [4.78, 5) is 16.0. The van der Waals surface area contributed by atoms with Crippen molar-refractivity contribution in [3.63, 3.8) is 0 Å². The average Bonchev–Trinajstić information content (AvgIpc) is 2.77. The van der Waals surface area contributed by atoms with Crippen LogP contribution in [0, 0.1) is 6.92 Å². The SMILES string of the molecule is Cc1sc(CC(=O)O)nc1C1CC1. The summed E-state index contributed by atoms with van der Waals surface area (Å²) in [6.07, 6.45) is 2.51. The first-order valence-corrected chi connectivity index (χ1v) is 5.16. The first-order chi connectivity index (χ1) is 6.16. The van der Waals surface area contributed by atoms with E-state index >= 15 is 0 Å². The van der Waals surface area contributed by atoms with Crippen molar-refractivity contribution in [3.8, 4) is 0 Å². The van der Waals surface area contributed by atoms with Gasteiger partial charge >= 0.3 is 5.97 Å². The van der Waals surface area contributed by atoms with Gasteiger partial charge in [-0.2, -0.15) is 0 Å². The number of hydrogen-bond donors (Lipinski definition) is 1. The zero-order valence-electron chi connectivity index (χ0n) is 7.41. The molecule has 0 amide bonds. The maximum absolute atomic E-state index is 10.4. The van der Waals surface area contributed by atoms with Gasteiger partial charge in [0.05, 0.1) is 12.1 Å². The van der Waals surface area contributed by atoms with E-state index in [1.165, 1.54) is 29.1 Å². The zero-order chi connectivity index (χ0) is 9.42. The molecule has 1 aliphatic rings. The summed E-state index contributed by atoms with van der Waals surface area (Å²) >= 11 is 1.52. The van der Waals surface area contributed by atoms with Crippen LogP contribution in [0.25, 0.3) is 0 Å². The number of aromatic nitrogens is 1. The van der Waals surface area contributed by atoms with Gasteiger partial charge in [0.25, 0.3) is 0 Å². The Bertz CT molecular complexity index is 341. The van der Waals surface area contributed by atoms with Crippen molar-refractivity contribution in [1.82, 2.24) is 4.98 Å². The van der Waals surface area contributed by atoms with E-state index in [0.717, 1.165) is 10.7 Å². The number of aryl methyl sites for hydroxylation is 1. The maximum atomic E-state index is 10.4. The summed E-state index contributed by atoms with van der Waals surface area (Å²) in [5.74, 6) is -0.171. The van der Waals surface area contributed by atoms with Gasteiger partial charge in [0, 0.05) is 10.8 Å². The number of rotatable bonds is 3. The minimum Gasteiger partial charge on any atom is -0.481 e. The normalized spacial score (nSPS) is 16.1. The standard InChI is InChI=1S/C9H11NO2S/c1-5-9(6-2-3-6)10-7(13-5)4-8(11)12/h6H,2-4H2,1H3,(H,11,12). The van der Waals surface area contributed by atoms with Gasteiger partial charge in [-0.05, 0) is 19.8 Å². The van der Waals surface area contributed by atoms with Crippen LogP contribution in [-0.4, -0.2) is 16.1 Å². The van der Waals surface area contributed by atoms with E-state index in [-0.39, 0.29) is 6.42 Å². The molecule has 1 N–H and O–H groups in total. The molecule has 13 heavy (non-hydrogen) atoms. The quantitative estimate of drug-likeness (QED) is 0.805. The lowest BCUT2D eigenvalue weighted by molar-refractivity contribution is -0.136. The minimum atomic E-state index is -0.795. The van der Waals surface area contributed by atoms with Gasteiger partial charge in [-0.25, -0.2) is 4.98 Å². The molecule has 0 spiro atoms. The largest absolute Gasteiger partial charge is 0.481 e. The highest BCUT2D eigenvalue weighted by molar-refractivity contribution is 7.11. The van der Waals surface area contributed by atoms with E-state index in [1.807, 2.05) is 6.92 Å². The third-order valence-electron chi connectivity index (χ3n) is 2.14. The van der Waals surface area contributed by atoms with Crippen molar-refractivity contribution in [2.24, 2.45) is 0 Å². The fourth-order valence-corrected chi connectivity index (χ4v) is 2.42. The molecule has 70 valence electrons. The van der Waals surface area contributed by atoms with Crippen molar-refractivity contribution < 1.29 is 9.90 Å². The predicted molar refractivity (Wildman–Crippen MR) is 50.2 cm³/mol. The molecule has 1 aliphatic carbocycles. The van der Waals surface area contributed by atoms with Gasteiger partial charge < -0.3 is 5.11 Å². The second-order valence-corrected chi connectivity index (χ2v) is 4.68. The van der Waals surface area contributed by atoms with Crippen LogP contribution in [0.3, 0.4) is 0 Å². The Morgan fingerprint density at radius 1 is 1.69 bits per heavy atom. The number of carbonyl (C=O) groups is 1. The summed E-state index contributed by atoms with van der Waals surface area (Å²) in [6, 6.07) is 0. The van der Waals surface area contributed by atoms with Crippen LogP contribution in [-0.2, 0) is 11.2 Å². The Hall–Kier alpha value is -0.900.